The van der Waals surface area contributed by atoms with E-state index in [1.165, 1.54) is 12.1 Å². The van der Waals surface area contributed by atoms with Gasteiger partial charge in [0.1, 0.15) is 0 Å². The van der Waals surface area contributed by atoms with E-state index in [0.717, 1.165) is 25.9 Å². The predicted molar refractivity (Wildman–Crippen MR) is 71.5 cm³/mol. The highest BCUT2D eigenvalue weighted by molar-refractivity contribution is 5.77. The van der Waals surface area contributed by atoms with Crippen LogP contribution in [0.3, 0.4) is 0 Å². The molecule has 1 aromatic rings. The molecule has 0 aliphatic carbocycles. The summed E-state index contributed by atoms with van der Waals surface area (Å²) < 4.78 is 18.6. The van der Waals surface area contributed by atoms with Gasteiger partial charge in [-0.25, -0.2) is 4.39 Å². The molecule has 3 nitrogen and oxygen atoms in total. The van der Waals surface area contributed by atoms with Crippen molar-refractivity contribution in [3.63, 3.8) is 0 Å². The number of nitrogens with zero attached hydrogens (tertiary/aromatic N) is 1. The highest BCUT2D eigenvalue weighted by Crippen LogP contribution is 2.29. The lowest BCUT2D eigenvalue weighted by molar-refractivity contribution is -0.135. The summed E-state index contributed by atoms with van der Waals surface area (Å²) in [5.74, 6) is -0.373. The van der Waals surface area contributed by atoms with Crippen molar-refractivity contribution in [2.75, 3.05) is 19.7 Å². The number of halogens is 1. The zero-order valence-corrected chi connectivity index (χ0v) is 11.5. The van der Waals surface area contributed by atoms with Gasteiger partial charge in [-0.1, -0.05) is 26.0 Å². The van der Waals surface area contributed by atoms with Crippen LogP contribution in [-0.4, -0.2) is 30.5 Å². The lowest BCUT2D eigenvalue weighted by Crippen LogP contribution is -2.43. The quantitative estimate of drug-likeness (QED) is 0.841. The van der Waals surface area contributed by atoms with Crippen LogP contribution in [-0.2, 0) is 4.79 Å². The Morgan fingerprint density at radius 1 is 1.32 bits per heavy atom. The Kier molecular flexibility index (Phi) is 4.08. The van der Waals surface area contributed by atoms with Gasteiger partial charge in [-0.3, -0.25) is 4.79 Å². The zero-order chi connectivity index (χ0) is 13.9. The molecule has 0 bridgehead atoms. The Morgan fingerprint density at radius 2 is 1.95 bits per heavy atom. The number of benzene rings is 1. The molecule has 1 saturated heterocycles. The first-order valence-electron chi connectivity index (χ1n) is 6.63. The Balaban J connectivity index is 1.84. The molecule has 104 valence electrons. The number of hydrogen-bond acceptors (Lipinski definition) is 2. The van der Waals surface area contributed by atoms with Gasteiger partial charge in [-0.05, 0) is 30.4 Å². The van der Waals surface area contributed by atoms with E-state index in [9.17, 15) is 9.18 Å². The van der Waals surface area contributed by atoms with Crippen molar-refractivity contribution in [2.45, 2.75) is 26.7 Å². The third kappa shape index (κ3) is 3.69. The van der Waals surface area contributed by atoms with Gasteiger partial charge >= 0.3 is 0 Å². The number of carbonyl (C=O) groups is 1. The third-order valence-corrected chi connectivity index (χ3v) is 3.66. The highest BCUT2D eigenvalue weighted by Gasteiger charge is 2.27. The third-order valence-electron chi connectivity index (χ3n) is 3.66. The molecule has 0 saturated carbocycles. The molecule has 4 heteroatoms. The average molecular weight is 265 g/mol. The second-order valence-electron chi connectivity index (χ2n) is 5.76. The molecular weight excluding hydrogens is 245 g/mol. The second-order valence-corrected chi connectivity index (χ2v) is 5.76. The standard InChI is InChI=1S/C15H20FNO2/c1-15(2)7-9-17(10-8-15)14(18)11-19-13-6-4-3-5-12(13)16/h3-6H,7-11H2,1-2H3. The molecule has 0 radical (unpaired) electrons. The monoisotopic (exact) mass is 265 g/mol. The summed E-state index contributed by atoms with van der Waals surface area (Å²) in [5.41, 5.74) is 0.309. The first-order valence-corrected chi connectivity index (χ1v) is 6.63. The van der Waals surface area contributed by atoms with Crippen molar-refractivity contribution < 1.29 is 13.9 Å². The SMILES string of the molecule is CC1(C)CCN(C(=O)COc2ccccc2F)CC1. The summed E-state index contributed by atoms with van der Waals surface area (Å²) in [4.78, 5) is 13.8. The molecule has 0 spiro atoms. The Labute approximate surface area is 113 Å². The van der Waals surface area contributed by atoms with E-state index in [1.54, 1.807) is 17.0 Å². The Bertz CT molecular complexity index is 449. The van der Waals surface area contributed by atoms with Crippen molar-refractivity contribution in [1.82, 2.24) is 4.90 Å². The molecule has 0 aromatic heterocycles. The number of hydrogen-bond donors (Lipinski definition) is 0. The van der Waals surface area contributed by atoms with Gasteiger partial charge in [0.25, 0.3) is 5.91 Å². The lowest BCUT2D eigenvalue weighted by atomic mass is 9.83. The van der Waals surface area contributed by atoms with Crippen LogP contribution in [0.1, 0.15) is 26.7 Å². The minimum absolute atomic E-state index is 0.0706. The van der Waals surface area contributed by atoms with Crippen molar-refractivity contribution in [3.05, 3.63) is 30.1 Å². The smallest absolute Gasteiger partial charge is 0.260 e. The number of carbonyl (C=O) groups excluding carboxylic acids is 1. The van der Waals surface area contributed by atoms with Gasteiger partial charge in [0, 0.05) is 13.1 Å². The zero-order valence-electron chi connectivity index (χ0n) is 11.5. The van der Waals surface area contributed by atoms with E-state index < -0.39 is 5.82 Å². The normalized spacial score (nSPS) is 18.2. The van der Waals surface area contributed by atoms with Crippen LogP contribution in [0, 0.1) is 11.2 Å². The van der Waals surface area contributed by atoms with Gasteiger partial charge < -0.3 is 9.64 Å². The molecule has 0 unspecified atom stereocenters. The summed E-state index contributed by atoms with van der Waals surface area (Å²) in [5, 5.41) is 0. The molecule has 0 atom stereocenters. The Hall–Kier alpha value is -1.58. The number of piperidine rings is 1. The van der Waals surface area contributed by atoms with Gasteiger partial charge in [-0.15, -0.1) is 0 Å². The summed E-state index contributed by atoms with van der Waals surface area (Å²) in [7, 11) is 0. The van der Waals surface area contributed by atoms with E-state index in [2.05, 4.69) is 13.8 Å². The second kappa shape index (κ2) is 5.59. The van der Waals surface area contributed by atoms with Crippen LogP contribution in [0.2, 0.25) is 0 Å². The van der Waals surface area contributed by atoms with Gasteiger partial charge in [0.2, 0.25) is 0 Å². The topological polar surface area (TPSA) is 29.5 Å². The molecule has 1 aromatic carbocycles. The summed E-state index contributed by atoms with van der Waals surface area (Å²) in [6.07, 6.45) is 2.00. The van der Waals surface area contributed by atoms with Crippen molar-refractivity contribution in [3.8, 4) is 5.75 Å². The molecule has 1 amide bonds. The van der Waals surface area contributed by atoms with Crippen molar-refractivity contribution >= 4 is 5.91 Å². The van der Waals surface area contributed by atoms with Crippen LogP contribution in [0.15, 0.2) is 24.3 Å². The predicted octanol–water partition coefficient (Wildman–Crippen LogP) is 2.85. The summed E-state index contributed by atoms with van der Waals surface area (Å²) in [6, 6.07) is 6.13. The molecule has 19 heavy (non-hydrogen) atoms. The number of para-hydroxylation sites is 1. The van der Waals surface area contributed by atoms with E-state index in [-0.39, 0.29) is 18.3 Å². The molecule has 1 aliphatic rings. The molecule has 1 aliphatic heterocycles. The highest BCUT2D eigenvalue weighted by atomic mass is 19.1. The first-order chi connectivity index (χ1) is 8.98. The maximum Gasteiger partial charge on any atom is 0.260 e. The van der Waals surface area contributed by atoms with Gasteiger partial charge in [-0.2, -0.15) is 0 Å². The fourth-order valence-corrected chi connectivity index (χ4v) is 2.15. The van der Waals surface area contributed by atoms with Crippen LogP contribution >= 0.6 is 0 Å². The minimum Gasteiger partial charge on any atom is -0.481 e. The number of ether oxygens (including phenoxy) is 1. The molecule has 1 heterocycles. The summed E-state index contributed by atoms with van der Waals surface area (Å²) >= 11 is 0. The Morgan fingerprint density at radius 3 is 2.58 bits per heavy atom. The maximum atomic E-state index is 13.3. The van der Waals surface area contributed by atoms with Crippen LogP contribution in [0.5, 0.6) is 5.75 Å². The molecule has 2 rings (SSSR count). The number of rotatable bonds is 3. The fraction of sp³-hybridized carbons (Fsp3) is 0.533. The van der Waals surface area contributed by atoms with E-state index in [4.69, 9.17) is 4.74 Å². The first kappa shape index (κ1) is 13.8. The van der Waals surface area contributed by atoms with Gasteiger partial charge in [0.15, 0.2) is 18.2 Å². The molecule has 0 N–H and O–H groups in total. The average Bonchev–Trinajstić information content (AvgIpc) is 2.37. The summed E-state index contributed by atoms with van der Waals surface area (Å²) in [6.45, 7) is 5.84. The van der Waals surface area contributed by atoms with Crippen molar-refractivity contribution in [1.29, 1.82) is 0 Å². The number of likely N-dealkylation sites (tertiary alicyclic amines) is 1. The molecule has 1 fully saturated rings. The number of amides is 1. The van der Waals surface area contributed by atoms with Crippen LogP contribution < -0.4 is 4.74 Å². The van der Waals surface area contributed by atoms with Crippen LogP contribution in [0.4, 0.5) is 4.39 Å². The maximum absolute atomic E-state index is 13.3. The van der Waals surface area contributed by atoms with Crippen LogP contribution in [0.25, 0.3) is 0 Å². The fourth-order valence-electron chi connectivity index (χ4n) is 2.15. The van der Waals surface area contributed by atoms with E-state index >= 15 is 0 Å². The van der Waals surface area contributed by atoms with Crippen molar-refractivity contribution in [2.24, 2.45) is 5.41 Å². The molecular formula is C15H20FNO2. The van der Waals surface area contributed by atoms with E-state index in [1.807, 2.05) is 0 Å². The lowest BCUT2D eigenvalue weighted by Gasteiger charge is -2.36. The van der Waals surface area contributed by atoms with E-state index in [0.29, 0.717) is 5.41 Å². The minimum atomic E-state index is -0.435. The van der Waals surface area contributed by atoms with Gasteiger partial charge in [0.05, 0.1) is 0 Å². The largest absolute Gasteiger partial charge is 0.481 e.